The normalized spacial score (nSPS) is 21.3. The second-order valence-corrected chi connectivity index (χ2v) is 3.81. The number of aromatic hydroxyl groups is 2. The first-order chi connectivity index (χ1) is 6.75. The lowest BCUT2D eigenvalue weighted by atomic mass is 10.0. The van der Waals surface area contributed by atoms with Crippen molar-refractivity contribution in [2.75, 3.05) is 6.54 Å². The predicted molar refractivity (Wildman–Crippen MR) is 54.5 cm³/mol. The van der Waals surface area contributed by atoms with Crippen molar-refractivity contribution in [3.05, 3.63) is 23.8 Å². The molecule has 1 heterocycles. The fraction of sp³-hybridized carbons (Fsp3) is 0.455. The maximum Gasteiger partial charge on any atom is 0.122 e. The van der Waals surface area contributed by atoms with Gasteiger partial charge in [-0.2, -0.15) is 0 Å². The van der Waals surface area contributed by atoms with Crippen molar-refractivity contribution in [3.8, 4) is 11.5 Å². The van der Waals surface area contributed by atoms with Crippen LogP contribution in [0, 0.1) is 0 Å². The minimum Gasteiger partial charge on any atom is -0.508 e. The molecular weight excluding hydrogens is 178 g/mol. The molecule has 0 amide bonds. The molecule has 1 aliphatic heterocycles. The first-order valence-electron chi connectivity index (χ1n) is 5.00. The second-order valence-electron chi connectivity index (χ2n) is 3.81. The molecule has 3 heteroatoms. The Morgan fingerprint density at radius 1 is 1.36 bits per heavy atom. The molecule has 3 N–H and O–H groups in total. The summed E-state index contributed by atoms with van der Waals surface area (Å²) in [5.41, 5.74) is 0.905. The third-order valence-electron chi connectivity index (χ3n) is 2.70. The fourth-order valence-corrected chi connectivity index (χ4v) is 1.92. The topological polar surface area (TPSA) is 52.5 Å². The number of phenolic OH excluding ortho intramolecular Hbond substituents is 2. The lowest BCUT2D eigenvalue weighted by Crippen LogP contribution is -2.23. The number of hydrogen-bond acceptors (Lipinski definition) is 3. The quantitative estimate of drug-likeness (QED) is 0.665. The summed E-state index contributed by atoms with van der Waals surface area (Å²) in [7, 11) is 0. The second kappa shape index (κ2) is 3.88. The van der Waals surface area contributed by atoms with Crippen molar-refractivity contribution in [2.24, 2.45) is 0 Å². The van der Waals surface area contributed by atoms with Gasteiger partial charge in [-0.25, -0.2) is 0 Å². The van der Waals surface area contributed by atoms with Gasteiger partial charge in [0.05, 0.1) is 0 Å². The van der Waals surface area contributed by atoms with Gasteiger partial charge >= 0.3 is 0 Å². The molecule has 2 rings (SSSR count). The Kier molecular flexibility index (Phi) is 2.59. The van der Waals surface area contributed by atoms with Crippen molar-refractivity contribution in [2.45, 2.75) is 25.3 Å². The summed E-state index contributed by atoms with van der Waals surface area (Å²) >= 11 is 0. The summed E-state index contributed by atoms with van der Waals surface area (Å²) in [5, 5.41) is 22.1. The van der Waals surface area contributed by atoms with Crippen molar-refractivity contribution >= 4 is 0 Å². The van der Waals surface area contributed by atoms with E-state index in [-0.39, 0.29) is 11.5 Å². The van der Waals surface area contributed by atoms with Gasteiger partial charge < -0.3 is 15.5 Å². The van der Waals surface area contributed by atoms with E-state index in [0.717, 1.165) is 18.5 Å². The van der Waals surface area contributed by atoms with Crippen LogP contribution in [-0.2, 0) is 6.42 Å². The van der Waals surface area contributed by atoms with E-state index in [4.69, 9.17) is 5.11 Å². The van der Waals surface area contributed by atoms with E-state index in [9.17, 15) is 5.11 Å². The number of rotatable bonds is 2. The minimum atomic E-state index is 0.116. The van der Waals surface area contributed by atoms with E-state index in [2.05, 4.69) is 5.32 Å². The van der Waals surface area contributed by atoms with Crippen molar-refractivity contribution < 1.29 is 10.2 Å². The number of nitrogens with one attached hydrogen (secondary N) is 1. The highest BCUT2D eigenvalue weighted by atomic mass is 16.3. The van der Waals surface area contributed by atoms with Crippen molar-refractivity contribution in [1.82, 2.24) is 5.32 Å². The molecule has 0 bridgehead atoms. The molecule has 14 heavy (non-hydrogen) atoms. The SMILES string of the molecule is Oc1ccc(CC2CCCN2)c(O)c1. The summed E-state index contributed by atoms with van der Waals surface area (Å²) in [6.45, 7) is 1.07. The molecule has 1 aliphatic rings. The Morgan fingerprint density at radius 2 is 2.21 bits per heavy atom. The van der Waals surface area contributed by atoms with Crippen LogP contribution >= 0.6 is 0 Å². The smallest absolute Gasteiger partial charge is 0.122 e. The van der Waals surface area contributed by atoms with Gasteiger partial charge in [0.15, 0.2) is 0 Å². The van der Waals surface area contributed by atoms with Crippen LogP contribution in [0.25, 0.3) is 0 Å². The molecule has 0 radical (unpaired) electrons. The van der Waals surface area contributed by atoms with Crippen LogP contribution in [0.5, 0.6) is 11.5 Å². The van der Waals surface area contributed by atoms with Crippen LogP contribution in [0.3, 0.4) is 0 Å². The zero-order chi connectivity index (χ0) is 9.97. The first kappa shape index (κ1) is 9.34. The van der Waals surface area contributed by atoms with Gasteiger partial charge in [-0.05, 0) is 37.4 Å². The Bertz CT molecular complexity index is 319. The Morgan fingerprint density at radius 3 is 2.86 bits per heavy atom. The van der Waals surface area contributed by atoms with Crippen LogP contribution in [0.2, 0.25) is 0 Å². The maximum absolute atomic E-state index is 9.56. The van der Waals surface area contributed by atoms with Gasteiger partial charge in [0, 0.05) is 12.1 Å². The van der Waals surface area contributed by atoms with E-state index < -0.39 is 0 Å². The van der Waals surface area contributed by atoms with Gasteiger partial charge in [0.1, 0.15) is 11.5 Å². The van der Waals surface area contributed by atoms with Crippen molar-refractivity contribution in [3.63, 3.8) is 0 Å². The molecule has 0 saturated carbocycles. The standard InChI is InChI=1S/C11H15NO2/c13-10-4-3-8(11(14)7-10)6-9-2-1-5-12-9/h3-4,7,9,12-14H,1-2,5-6H2. The average Bonchev–Trinajstić information content (AvgIpc) is 2.62. The third-order valence-corrected chi connectivity index (χ3v) is 2.70. The molecular formula is C11H15NO2. The maximum atomic E-state index is 9.56. The zero-order valence-corrected chi connectivity index (χ0v) is 8.03. The van der Waals surface area contributed by atoms with E-state index in [1.165, 1.54) is 18.9 Å². The highest BCUT2D eigenvalue weighted by Crippen LogP contribution is 2.24. The zero-order valence-electron chi connectivity index (χ0n) is 8.03. The average molecular weight is 193 g/mol. The summed E-state index contributed by atoms with van der Waals surface area (Å²) in [6, 6.07) is 5.27. The molecule has 1 atom stereocenters. The van der Waals surface area contributed by atoms with E-state index in [1.54, 1.807) is 12.1 Å². The molecule has 0 spiro atoms. The number of benzene rings is 1. The monoisotopic (exact) mass is 193 g/mol. The molecule has 0 aliphatic carbocycles. The lowest BCUT2D eigenvalue weighted by molar-refractivity contribution is 0.442. The van der Waals surface area contributed by atoms with Gasteiger partial charge in [-0.3, -0.25) is 0 Å². The van der Waals surface area contributed by atoms with Crippen LogP contribution in [-0.4, -0.2) is 22.8 Å². The molecule has 76 valence electrons. The number of phenols is 2. The lowest BCUT2D eigenvalue weighted by Gasteiger charge is -2.11. The molecule has 1 aromatic rings. The minimum absolute atomic E-state index is 0.116. The highest BCUT2D eigenvalue weighted by molar-refractivity contribution is 5.39. The van der Waals surface area contributed by atoms with Gasteiger partial charge in [-0.15, -0.1) is 0 Å². The van der Waals surface area contributed by atoms with Gasteiger partial charge in [0.2, 0.25) is 0 Å². The third kappa shape index (κ3) is 1.99. The van der Waals surface area contributed by atoms with Crippen LogP contribution < -0.4 is 5.32 Å². The summed E-state index contributed by atoms with van der Waals surface area (Å²) in [4.78, 5) is 0. The summed E-state index contributed by atoms with van der Waals surface area (Å²) in [5.74, 6) is 0.310. The molecule has 1 unspecified atom stereocenters. The van der Waals surface area contributed by atoms with E-state index in [1.807, 2.05) is 0 Å². The largest absolute Gasteiger partial charge is 0.508 e. The van der Waals surface area contributed by atoms with Gasteiger partial charge in [-0.1, -0.05) is 6.07 Å². The molecule has 1 saturated heterocycles. The summed E-state index contributed by atoms with van der Waals surface area (Å²) in [6.07, 6.45) is 3.22. The van der Waals surface area contributed by atoms with Crippen LogP contribution in [0.15, 0.2) is 18.2 Å². The predicted octanol–water partition coefficient (Wildman–Crippen LogP) is 1.39. The Balaban J connectivity index is 2.08. The van der Waals surface area contributed by atoms with Gasteiger partial charge in [0.25, 0.3) is 0 Å². The Hall–Kier alpha value is -1.22. The van der Waals surface area contributed by atoms with Crippen LogP contribution in [0.4, 0.5) is 0 Å². The summed E-state index contributed by atoms with van der Waals surface area (Å²) < 4.78 is 0. The van der Waals surface area contributed by atoms with Crippen molar-refractivity contribution in [1.29, 1.82) is 0 Å². The first-order valence-corrected chi connectivity index (χ1v) is 5.00. The molecule has 3 nitrogen and oxygen atoms in total. The van der Waals surface area contributed by atoms with Crippen LogP contribution in [0.1, 0.15) is 18.4 Å². The van der Waals surface area contributed by atoms with E-state index in [0.29, 0.717) is 6.04 Å². The Labute approximate surface area is 83.4 Å². The fourth-order valence-electron chi connectivity index (χ4n) is 1.92. The highest BCUT2D eigenvalue weighted by Gasteiger charge is 2.15. The molecule has 1 aromatic carbocycles. The van der Waals surface area contributed by atoms with E-state index >= 15 is 0 Å². The number of hydrogen-bond donors (Lipinski definition) is 3. The molecule has 0 aromatic heterocycles. The molecule has 1 fully saturated rings.